The highest BCUT2D eigenvalue weighted by Crippen LogP contribution is 2.36. The average molecular weight is 349 g/mol. The van der Waals surface area contributed by atoms with Crippen LogP contribution in [0.25, 0.3) is 11.0 Å². The zero-order valence-corrected chi connectivity index (χ0v) is 14.6. The highest BCUT2D eigenvalue weighted by atomic mass is 16.5. The molecule has 0 bridgehead atoms. The van der Waals surface area contributed by atoms with Crippen LogP contribution in [0.5, 0.6) is 5.75 Å². The standard InChI is InChI=1S/C20H19N3O3/c1-12-3-5-15-17(9-12)26-20(2,19(25)23-15)8-7-13-4-6-14-16(10-13)21-11-18(24)22-14/h3-6,9-11H,7-8H2,1-2H3,(H,22,24)(H,23,25). The van der Waals surface area contributed by atoms with E-state index in [1.54, 1.807) is 0 Å². The Morgan fingerprint density at radius 2 is 2.00 bits per heavy atom. The Labute approximate surface area is 150 Å². The van der Waals surface area contributed by atoms with Gasteiger partial charge in [-0.3, -0.25) is 9.59 Å². The van der Waals surface area contributed by atoms with E-state index in [0.717, 1.165) is 16.6 Å². The summed E-state index contributed by atoms with van der Waals surface area (Å²) in [5.74, 6) is 0.557. The number of aryl methyl sites for hydroxylation is 2. The van der Waals surface area contributed by atoms with Crippen LogP contribution in [0.2, 0.25) is 0 Å². The van der Waals surface area contributed by atoms with Gasteiger partial charge >= 0.3 is 0 Å². The van der Waals surface area contributed by atoms with Crippen molar-refractivity contribution in [2.75, 3.05) is 5.32 Å². The lowest BCUT2D eigenvalue weighted by atomic mass is 9.93. The second-order valence-corrected chi connectivity index (χ2v) is 6.89. The van der Waals surface area contributed by atoms with Crippen molar-refractivity contribution in [2.24, 2.45) is 0 Å². The molecule has 132 valence electrons. The van der Waals surface area contributed by atoms with Crippen LogP contribution in [0.15, 0.2) is 47.4 Å². The van der Waals surface area contributed by atoms with Crippen LogP contribution in [0, 0.1) is 6.92 Å². The highest BCUT2D eigenvalue weighted by Gasteiger charge is 2.39. The van der Waals surface area contributed by atoms with Gasteiger partial charge in [-0.25, -0.2) is 4.98 Å². The summed E-state index contributed by atoms with van der Waals surface area (Å²) < 4.78 is 6.06. The fourth-order valence-electron chi connectivity index (χ4n) is 3.15. The Balaban J connectivity index is 1.56. The number of benzene rings is 2. The van der Waals surface area contributed by atoms with Crippen LogP contribution in [-0.4, -0.2) is 21.5 Å². The molecule has 0 spiro atoms. The summed E-state index contributed by atoms with van der Waals surface area (Å²) in [5.41, 5.74) is 3.08. The van der Waals surface area contributed by atoms with Gasteiger partial charge in [0.15, 0.2) is 5.60 Å². The lowest BCUT2D eigenvalue weighted by Crippen LogP contribution is -2.48. The van der Waals surface area contributed by atoms with Crippen molar-refractivity contribution in [1.82, 2.24) is 9.97 Å². The van der Waals surface area contributed by atoms with E-state index in [0.29, 0.717) is 29.8 Å². The van der Waals surface area contributed by atoms with Crippen LogP contribution < -0.4 is 15.6 Å². The first-order valence-corrected chi connectivity index (χ1v) is 8.52. The van der Waals surface area contributed by atoms with E-state index in [1.807, 2.05) is 50.2 Å². The molecule has 0 fully saturated rings. The summed E-state index contributed by atoms with van der Waals surface area (Å²) in [4.78, 5) is 30.8. The van der Waals surface area contributed by atoms with E-state index < -0.39 is 5.60 Å². The van der Waals surface area contributed by atoms with Gasteiger partial charge in [0.05, 0.1) is 22.9 Å². The number of carbonyl (C=O) groups excluding carboxylic acids is 1. The molecule has 2 N–H and O–H groups in total. The molecule has 1 unspecified atom stereocenters. The zero-order chi connectivity index (χ0) is 18.3. The first-order chi connectivity index (χ1) is 12.4. The summed E-state index contributed by atoms with van der Waals surface area (Å²) in [6.45, 7) is 3.80. The SMILES string of the molecule is Cc1ccc2c(c1)OC(C)(CCc1ccc3[nH]c(=O)cnc3c1)C(=O)N2. The van der Waals surface area contributed by atoms with E-state index in [1.165, 1.54) is 6.20 Å². The molecule has 0 aliphatic carbocycles. The molecule has 3 aromatic rings. The van der Waals surface area contributed by atoms with Crippen molar-refractivity contribution < 1.29 is 9.53 Å². The molecule has 6 nitrogen and oxygen atoms in total. The summed E-state index contributed by atoms with van der Waals surface area (Å²) >= 11 is 0. The summed E-state index contributed by atoms with van der Waals surface area (Å²) in [7, 11) is 0. The van der Waals surface area contributed by atoms with Gasteiger partial charge in [0.1, 0.15) is 5.75 Å². The number of nitrogens with one attached hydrogen (secondary N) is 2. The van der Waals surface area contributed by atoms with Crippen molar-refractivity contribution in [3.63, 3.8) is 0 Å². The van der Waals surface area contributed by atoms with E-state index >= 15 is 0 Å². The third kappa shape index (κ3) is 2.94. The molecule has 1 aromatic heterocycles. The maximum atomic E-state index is 12.5. The van der Waals surface area contributed by atoms with Crippen molar-refractivity contribution >= 4 is 22.6 Å². The Morgan fingerprint density at radius 1 is 1.15 bits per heavy atom. The van der Waals surface area contributed by atoms with Crippen LogP contribution in [-0.2, 0) is 11.2 Å². The van der Waals surface area contributed by atoms with Gasteiger partial charge < -0.3 is 15.0 Å². The normalized spacial score (nSPS) is 18.9. The smallest absolute Gasteiger partial charge is 0.268 e. The highest BCUT2D eigenvalue weighted by molar-refractivity contribution is 6.00. The number of anilines is 1. The number of nitrogens with zero attached hydrogens (tertiary/aromatic N) is 1. The van der Waals surface area contributed by atoms with Crippen molar-refractivity contribution in [3.8, 4) is 5.75 Å². The first kappa shape index (κ1) is 16.3. The predicted octanol–water partition coefficient (Wildman–Crippen LogP) is 2.95. The average Bonchev–Trinajstić information content (AvgIpc) is 2.61. The number of hydrogen-bond donors (Lipinski definition) is 2. The van der Waals surface area contributed by atoms with E-state index in [2.05, 4.69) is 15.3 Å². The summed E-state index contributed by atoms with van der Waals surface area (Å²) in [6, 6.07) is 11.4. The van der Waals surface area contributed by atoms with Gasteiger partial charge in [-0.05, 0) is 55.7 Å². The minimum absolute atomic E-state index is 0.142. The lowest BCUT2D eigenvalue weighted by molar-refractivity contribution is -0.131. The number of H-pyrrole nitrogens is 1. The number of aromatic amines is 1. The largest absolute Gasteiger partial charge is 0.476 e. The number of rotatable bonds is 3. The molecule has 4 rings (SSSR count). The molecule has 6 heteroatoms. The number of hydrogen-bond acceptors (Lipinski definition) is 4. The second kappa shape index (κ2) is 5.98. The van der Waals surface area contributed by atoms with Crippen molar-refractivity contribution in [3.05, 3.63) is 64.1 Å². The maximum Gasteiger partial charge on any atom is 0.268 e. The van der Waals surface area contributed by atoms with E-state index in [9.17, 15) is 9.59 Å². The van der Waals surface area contributed by atoms with Crippen LogP contribution in [0.3, 0.4) is 0 Å². The van der Waals surface area contributed by atoms with E-state index in [4.69, 9.17) is 4.74 Å². The van der Waals surface area contributed by atoms with Gasteiger partial charge in [-0.2, -0.15) is 0 Å². The second-order valence-electron chi connectivity index (χ2n) is 6.89. The van der Waals surface area contributed by atoms with Gasteiger partial charge in [0.2, 0.25) is 0 Å². The molecule has 1 aliphatic rings. The molecule has 2 heterocycles. The fourth-order valence-corrected chi connectivity index (χ4v) is 3.15. The molecule has 0 radical (unpaired) electrons. The number of aromatic nitrogens is 2. The molecule has 26 heavy (non-hydrogen) atoms. The third-order valence-corrected chi connectivity index (χ3v) is 4.73. The lowest BCUT2D eigenvalue weighted by Gasteiger charge is -2.35. The van der Waals surface area contributed by atoms with Crippen LogP contribution in [0.1, 0.15) is 24.5 Å². The van der Waals surface area contributed by atoms with Gasteiger partial charge in [0.25, 0.3) is 11.5 Å². The Morgan fingerprint density at radius 3 is 2.85 bits per heavy atom. The number of ether oxygens (including phenoxy) is 1. The number of amides is 1. The summed E-state index contributed by atoms with van der Waals surface area (Å²) in [6.07, 6.45) is 2.45. The van der Waals surface area contributed by atoms with Crippen molar-refractivity contribution in [2.45, 2.75) is 32.3 Å². The zero-order valence-electron chi connectivity index (χ0n) is 14.6. The number of carbonyl (C=O) groups is 1. The first-order valence-electron chi connectivity index (χ1n) is 8.52. The summed E-state index contributed by atoms with van der Waals surface area (Å²) in [5, 5.41) is 2.93. The Hall–Kier alpha value is -3.15. The fraction of sp³-hybridized carbons (Fsp3) is 0.250. The molecular weight excluding hydrogens is 330 g/mol. The quantitative estimate of drug-likeness (QED) is 0.761. The Bertz CT molecular complexity index is 1070. The molecule has 1 atom stereocenters. The van der Waals surface area contributed by atoms with Gasteiger partial charge in [-0.15, -0.1) is 0 Å². The molecule has 0 saturated carbocycles. The molecule has 2 aromatic carbocycles. The number of fused-ring (bicyclic) bond motifs is 2. The maximum absolute atomic E-state index is 12.5. The minimum Gasteiger partial charge on any atom is -0.476 e. The molecule has 0 saturated heterocycles. The van der Waals surface area contributed by atoms with Crippen molar-refractivity contribution in [1.29, 1.82) is 0 Å². The van der Waals surface area contributed by atoms with Crippen LogP contribution >= 0.6 is 0 Å². The Kier molecular flexibility index (Phi) is 3.76. The minimum atomic E-state index is -0.936. The third-order valence-electron chi connectivity index (χ3n) is 4.73. The molecular formula is C20H19N3O3. The van der Waals surface area contributed by atoms with Gasteiger partial charge in [0, 0.05) is 6.42 Å². The monoisotopic (exact) mass is 349 g/mol. The topological polar surface area (TPSA) is 84.1 Å². The van der Waals surface area contributed by atoms with Crippen LogP contribution in [0.4, 0.5) is 5.69 Å². The molecule has 1 aliphatic heterocycles. The van der Waals surface area contributed by atoms with Gasteiger partial charge in [-0.1, -0.05) is 12.1 Å². The predicted molar refractivity (Wildman–Crippen MR) is 99.5 cm³/mol. The molecule has 1 amide bonds. The van der Waals surface area contributed by atoms with E-state index in [-0.39, 0.29) is 11.5 Å².